The van der Waals surface area contributed by atoms with E-state index in [1.807, 2.05) is 0 Å². The van der Waals surface area contributed by atoms with Crippen molar-refractivity contribution in [1.82, 2.24) is 9.62 Å². The second-order valence-electron chi connectivity index (χ2n) is 9.08. The lowest BCUT2D eigenvalue weighted by Crippen LogP contribution is -2.71. The molecule has 1 unspecified atom stereocenters. The second kappa shape index (κ2) is 10.3. The summed E-state index contributed by atoms with van der Waals surface area (Å²) < 4.78 is 40.2. The third-order valence-electron chi connectivity index (χ3n) is 6.41. The molecule has 2 fully saturated rings. The zero-order valence-corrected chi connectivity index (χ0v) is 19.8. The minimum Gasteiger partial charge on any atom is -0.351 e. The van der Waals surface area contributed by atoms with Crippen molar-refractivity contribution < 1.29 is 22.4 Å². The third-order valence-corrected chi connectivity index (χ3v) is 8.38. The van der Waals surface area contributed by atoms with Crippen molar-refractivity contribution in [3.05, 3.63) is 30.1 Å². The highest BCUT2D eigenvalue weighted by Crippen LogP contribution is 2.31. The highest BCUT2D eigenvalue weighted by atomic mass is 32.2. The number of hydrogen-bond donors (Lipinski definition) is 1. The first kappa shape index (κ1) is 24.6. The van der Waals surface area contributed by atoms with Crippen LogP contribution in [0, 0.1) is 5.82 Å². The molecule has 9 heteroatoms. The van der Waals surface area contributed by atoms with Gasteiger partial charge >= 0.3 is 0 Å². The van der Waals surface area contributed by atoms with Gasteiger partial charge in [-0.05, 0) is 50.5 Å². The van der Waals surface area contributed by atoms with Crippen LogP contribution < -0.4 is 10.2 Å². The number of nitrogens with zero attached hydrogens (tertiary/aromatic N) is 2. The fourth-order valence-corrected chi connectivity index (χ4v) is 6.21. The standard InChI is InChI=1S/C23H34FN3O4S/c1-3-15-32(30,31)26-16-21(28)27(20-13-11-18(24)12-14-20)23(2,17-26)22(29)25-19-9-7-5-4-6-8-10-19/h11-14,19H,3-10,15-17H2,1-2H3,(H,25,29). The number of benzene rings is 1. The minimum atomic E-state index is -3.68. The molecular weight excluding hydrogens is 433 g/mol. The number of carbonyl (C=O) groups is 2. The SMILES string of the molecule is CCCS(=O)(=O)N1CC(=O)N(c2ccc(F)cc2)C(C)(C(=O)NC2CCCCCCC2)C1. The van der Waals surface area contributed by atoms with Crippen molar-refractivity contribution in [1.29, 1.82) is 0 Å². The van der Waals surface area contributed by atoms with E-state index in [1.165, 1.54) is 35.6 Å². The molecule has 178 valence electrons. The van der Waals surface area contributed by atoms with E-state index in [0.29, 0.717) is 12.1 Å². The van der Waals surface area contributed by atoms with Crippen molar-refractivity contribution in [2.24, 2.45) is 0 Å². The summed E-state index contributed by atoms with van der Waals surface area (Å²) in [5.41, 5.74) is -1.07. The lowest BCUT2D eigenvalue weighted by molar-refractivity contribution is -0.133. The summed E-state index contributed by atoms with van der Waals surface area (Å²) in [4.78, 5) is 28.1. The Morgan fingerprint density at radius 3 is 2.31 bits per heavy atom. The highest BCUT2D eigenvalue weighted by Gasteiger charge is 2.51. The summed E-state index contributed by atoms with van der Waals surface area (Å²) in [5.74, 6) is -1.42. The molecule has 1 aliphatic carbocycles. The number of nitrogens with one attached hydrogen (secondary N) is 1. The average molecular weight is 468 g/mol. The van der Waals surface area contributed by atoms with Gasteiger partial charge in [-0.3, -0.25) is 14.5 Å². The van der Waals surface area contributed by atoms with Gasteiger partial charge in [-0.15, -0.1) is 0 Å². The number of carbonyl (C=O) groups excluding carboxylic acids is 2. The molecule has 0 radical (unpaired) electrons. The van der Waals surface area contributed by atoms with Gasteiger partial charge in [0.1, 0.15) is 11.4 Å². The lowest BCUT2D eigenvalue weighted by atomic mass is 9.92. The molecular formula is C23H34FN3O4S. The molecule has 1 saturated carbocycles. The van der Waals surface area contributed by atoms with Crippen LogP contribution in [0.5, 0.6) is 0 Å². The van der Waals surface area contributed by atoms with Gasteiger partial charge in [-0.2, -0.15) is 4.31 Å². The summed E-state index contributed by atoms with van der Waals surface area (Å²) in [6.07, 6.45) is 7.67. The molecule has 2 aliphatic rings. The van der Waals surface area contributed by atoms with Gasteiger partial charge in [0.05, 0.1) is 12.3 Å². The van der Waals surface area contributed by atoms with E-state index in [9.17, 15) is 22.4 Å². The third kappa shape index (κ3) is 5.49. The van der Waals surface area contributed by atoms with E-state index in [0.717, 1.165) is 42.8 Å². The lowest BCUT2D eigenvalue weighted by Gasteiger charge is -2.47. The van der Waals surface area contributed by atoms with Crippen molar-refractivity contribution in [2.45, 2.75) is 76.8 Å². The molecule has 1 atom stereocenters. The number of amides is 2. The number of rotatable bonds is 6. The smallest absolute Gasteiger partial charge is 0.247 e. The predicted octanol–water partition coefficient (Wildman–Crippen LogP) is 3.20. The van der Waals surface area contributed by atoms with E-state index >= 15 is 0 Å². The Morgan fingerprint density at radius 2 is 1.72 bits per heavy atom. The Balaban J connectivity index is 1.93. The van der Waals surface area contributed by atoms with Crippen molar-refractivity contribution in [2.75, 3.05) is 23.7 Å². The summed E-state index contributed by atoms with van der Waals surface area (Å²) in [6.45, 7) is 2.87. The van der Waals surface area contributed by atoms with Crippen LogP contribution >= 0.6 is 0 Å². The van der Waals surface area contributed by atoms with Crippen LogP contribution in [0.1, 0.15) is 65.2 Å². The molecule has 1 heterocycles. The van der Waals surface area contributed by atoms with Crippen molar-refractivity contribution in [3.8, 4) is 0 Å². The largest absolute Gasteiger partial charge is 0.351 e. The molecule has 0 spiro atoms. The topological polar surface area (TPSA) is 86.8 Å². The van der Waals surface area contributed by atoms with Crippen LogP contribution in [0.3, 0.4) is 0 Å². The number of piperazine rings is 1. The molecule has 2 amide bonds. The van der Waals surface area contributed by atoms with Gasteiger partial charge in [0.15, 0.2) is 0 Å². The fraction of sp³-hybridized carbons (Fsp3) is 0.652. The van der Waals surface area contributed by atoms with Gasteiger partial charge < -0.3 is 5.32 Å². The molecule has 1 aliphatic heterocycles. The molecule has 1 N–H and O–H groups in total. The van der Waals surface area contributed by atoms with E-state index in [1.54, 1.807) is 13.8 Å². The normalized spacial score (nSPS) is 24.1. The van der Waals surface area contributed by atoms with Gasteiger partial charge in [0, 0.05) is 18.3 Å². The van der Waals surface area contributed by atoms with Crippen LogP contribution in [-0.2, 0) is 19.6 Å². The zero-order chi connectivity index (χ0) is 23.4. The van der Waals surface area contributed by atoms with E-state index < -0.39 is 27.3 Å². The Hall–Kier alpha value is -2.00. The molecule has 0 bridgehead atoms. The molecule has 32 heavy (non-hydrogen) atoms. The van der Waals surface area contributed by atoms with Crippen molar-refractivity contribution in [3.63, 3.8) is 0 Å². The maximum absolute atomic E-state index is 13.6. The molecule has 1 saturated heterocycles. The Morgan fingerprint density at radius 1 is 1.12 bits per heavy atom. The van der Waals surface area contributed by atoms with Crippen LogP contribution in [0.15, 0.2) is 24.3 Å². The molecule has 0 aromatic heterocycles. The predicted molar refractivity (Wildman–Crippen MR) is 122 cm³/mol. The summed E-state index contributed by atoms with van der Waals surface area (Å²) in [5, 5.41) is 3.10. The monoisotopic (exact) mass is 467 g/mol. The van der Waals surface area contributed by atoms with Crippen LogP contribution in [0.25, 0.3) is 0 Å². The Bertz CT molecular complexity index is 914. The zero-order valence-electron chi connectivity index (χ0n) is 19.0. The molecule has 3 rings (SSSR count). The van der Waals surface area contributed by atoms with Gasteiger partial charge in [-0.1, -0.05) is 39.0 Å². The first-order chi connectivity index (χ1) is 15.2. The van der Waals surface area contributed by atoms with Gasteiger partial charge in [-0.25, -0.2) is 12.8 Å². The quantitative estimate of drug-likeness (QED) is 0.696. The van der Waals surface area contributed by atoms with E-state index in [2.05, 4.69) is 5.32 Å². The second-order valence-corrected chi connectivity index (χ2v) is 11.2. The number of hydrogen-bond acceptors (Lipinski definition) is 4. The summed E-state index contributed by atoms with van der Waals surface area (Å²) in [6, 6.07) is 5.36. The minimum absolute atomic E-state index is 0.00702. The maximum Gasteiger partial charge on any atom is 0.247 e. The number of sulfonamides is 1. The van der Waals surface area contributed by atoms with Gasteiger partial charge in [0.2, 0.25) is 21.8 Å². The fourth-order valence-electron chi connectivity index (χ4n) is 4.68. The van der Waals surface area contributed by atoms with Gasteiger partial charge in [0.25, 0.3) is 0 Å². The first-order valence-electron chi connectivity index (χ1n) is 11.5. The molecule has 1 aromatic carbocycles. The number of anilines is 1. The average Bonchev–Trinajstić information content (AvgIpc) is 2.70. The van der Waals surface area contributed by atoms with E-state index in [4.69, 9.17) is 0 Å². The first-order valence-corrected chi connectivity index (χ1v) is 13.2. The summed E-state index contributed by atoms with van der Waals surface area (Å²) in [7, 11) is -3.68. The Labute approximate surface area is 190 Å². The number of halogens is 1. The molecule has 7 nitrogen and oxygen atoms in total. The van der Waals surface area contributed by atoms with Crippen LogP contribution in [0.2, 0.25) is 0 Å². The van der Waals surface area contributed by atoms with Crippen LogP contribution in [0.4, 0.5) is 10.1 Å². The van der Waals surface area contributed by atoms with Crippen molar-refractivity contribution >= 4 is 27.5 Å². The maximum atomic E-state index is 13.6. The Kier molecular flexibility index (Phi) is 7.92. The summed E-state index contributed by atoms with van der Waals surface area (Å²) >= 11 is 0. The van der Waals surface area contributed by atoms with Crippen LogP contribution in [-0.4, -0.2) is 55.0 Å². The van der Waals surface area contributed by atoms with E-state index in [-0.39, 0.29) is 30.8 Å². The highest BCUT2D eigenvalue weighted by molar-refractivity contribution is 7.89. The molecule has 1 aromatic rings.